The zero-order chi connectivity index (χ0) is 24.8. The summed E-state index contributed by atoms with van der Waals surface area (Å²) in [5, 5.41) is 2.38. The predicted octanol–water partition coefficient (Wildman–Crippen LogP) is 5.38. The molecule has 0 spiro atoms. The number of carbonyl (C=O) groups excluding carboxylic acids is 2. The minimum absolute atomic E-state index is 0.00165. The molecular weight excluding hydrogens is 449 g/mol. The van der Waals surface area contributed by atoms with Crippen molar-refractivity contribution in [2.75, 3.05) is 16.3 Å². The van der Waals surface area contributed by atoms with Crippen molar-refractivity contribution in [3.8, 4) is 0 Å². The molecule has 2 aliphatic heterocycles. The van der Waals surface area contributed by atoms with Crippen molar-refractivity contribution >= 4 is 52.2 Å². The Morgan fingerprint density at radius 2 is 1.82 bits per heavy atom. The van der Waals surface area contributed by atoms with Crippen LogP contribution < -0.4 is 15.1 Å². The van der Waals surface area contributed by atoms with Crippen LogP contribution in [0.1, 0.15) is 50.8 Å². The van der Waals surface area contributed by atoms with Gasteiger partial charge in [-0.05, 0) is 93.4 Å². The Labute approximate surface area is 204 Å². The number of nitrogens with zero attached hydrogens (tertiary/aromatic N) is 2. The van der Waals surface area contributed by atoms with Crippen LogP contribution in [0.5, 0.6) is 0 Å². The van der Waals surface area contributed by atoms with Gasteiger partial charge in [0, 0.05) is 17.8 Å². The molecule has 0 radical (unpaired) electrons. The molecule has 7 heteroatoms. The monoisotopic (exact) mass is 477 g/mol. The third-order valence-electron chi connectivity index (χ3n) is 6.31. The third kappa shape index (κ3) is 4.05. The summed E-state index contributed by atoms with van der Waals surface area (Å²) in [4.78, 5) is 29.5. The van der Waals surface area contributed by atoms with Crippen LogP contribution >= 0.6 is 12.2 Å². The van der Waals surface area contributed by atoms with Crippen molar-refractivity contribution in [2.24, 2.45) is 0 Å². The maximum absolute atomic E-state index is 14.4. The van der Waals surface area contributed by atoms with Crippen LogP contribution in [0, 0.1) is 12.7 Å². The van der Waals surface area contributed by atoms with Crippen LogP contribution in [-0.4, -0.2) is 29.0 Å². The molecule has 0 saturated carbocycles. The number of allylic oxidation sites excluding steroid dienone is 1. The Bertz CT molecular complexity index is 1280. The van der Waals surface area contributed by atoms with Gasteiger partial charge in [0.1, 0.15) is 11.4 Å². The van der Waals surface area contributed by atoms with Gasteiger partial charge in [-0.15, -0.1) is 0 Å². The molecule has 0 unspecified atom stereocenters. The van der Waals surface area contributed by atoms with Crippen molar-refractivity contribution in [3.05, 3.63) is 70.6 Å². The smallest absolute Gasteiger partial charge is 0.270 e. The van der Waals surface area contributed by atoms with E-state index >= 15 is 0 Å². The highest BCUT2D eigenvalue weighted by molar-refractivity contribution is 7.80. The quantitative estimate of drug-likeness (QED) is 0.365. The van der Waals surface area contributed by atoms with Gasteiger partial charge in [-0.3, -0.25) is 14.9 Å². The SMILES string of the molecule is CCCN1c2cc(C)c(/C=C3/C(=O)NC(=S)N(c4ccccc4F)C3=O)cc2C(C)=CC1(C)C. The van der Waals surface area contributed by atoms with Gasteiger partial charge in [-0.2, -0.15) is 0 Å². The lowest BCUT2D eigenvalue weighted by molar-refractivity contribution is -0.122. The lowest BCUT2D eigenvalue weighted by atomic mass is 9.86. The highest BCUT2D eigenvalue weighted by Crippen LogP contribution is 2.41. The van der Waals surface area contributed by atoms with E-state index in [0.29, 0.717) is 0 Å². The first-order valence-electron chi connectivity index (χ1n) is 11.3. The van der Waals surface area contributed by atoms with E-state index in [9.17, 15) is 14.0 Å². The number of anilines is 2. The molecule has 1 fully saturated rings. The first kappa shape index (κ1) is 23.8. The summed E-state index contributed by atoms with van der Waals surface area (Å²) in [5.74, 6) is -1.85. The molecule has 2 aromatic rings. The summed E-state index contributed by atoms with van der Waals surface area (Å²) in [5.41, 5.74) is 4.82. The van der Waals surface area contributed by atoms with Crippen molar-refractivity contribution in [2.45, 2.75) is 46.6 Å². The molecule has 34 heavy (non-hydrogen) atoms. The highest BCUT2D eigenvalue weighted by atomic mass is 32.1. The van der Waals surface area contributed by atoms with Gasteiger partial charge in [0.15, 0.2) is 5.11 Å². The van der Waals surface area contributed by atoms with Crippen LogP contribution in [0.3, 0.4) is 0 Å². The summed E-state index contributed by atoms with van der Waals surface area (Å²) in [6, 6.07) is 9.97. The Balaban J connectivity index is 1.80. The van der Waals surface area contributed by atoms with Gasteiger partial charge in [-0.1, -0.05) is 25.1 Å². The van der Waals surface area contributed by atoms with Gasteiger partial charge in [-0.25, -0.2) is 9.29 Å². The second-order valence-electron chi connectivity index (χ2n) is 9.27. The fourth-order valence-corrected chi connectivity index (χ4v) is 4.97. The van der Waals surface area contributed by atoms with Gasteiger partial charge >= 0.3 is 0 Å². The topological polar surface area (TPSA) is 52.7 Å². The summed E-state index contributed by atoms with van der Waals surface area (Å²) >= 11 is 5.19. The number of hydrogen-bond acceptors (Lipinski definition) is 4. The Morgan fingerprint density at radius 3 is 2.50 bits per heavy atom. The Kier molecular flexibility index (Phi) is 6.16. The molecule has 0 aromatic heterocycles. The van der Waals surface area contributed by atoms with E-state index in [1.54, 1.807) is 12.1 Å². The second-order valence-corrected chi connectivity index (χ2v) is 9.65. The van der Waals surface area contributed by atoms with Gasteiger partial charge in [0.05, 0.1) is 11.2 Å². The minimum atomic E-state index is -0.656. The molecule has 2 heterocycles. The molecule has 0 bridgehead atoms. The van der Waals surface area contributed by atoms with E-state index in [1.165, 1.54) is 18.2 Å². The van der Waals surface area contributed by atoms with E-state index in [4.69, 9.17) is 12.2 Å². The average Bonchev–Trinajstić information content (AvgIpc) is 2.75. The number of halogens is 1. The fourth-order valence-electron chi connectivity index (χ4n) is 4.70. The number of benzene rings is 2. The lowest BCUT2D eigenvalue weighted by Crippen LogP contribution is -2.54. The number of amides is 2. The van der Waals surface area contributed by atoms with E-state index in [2.05, 4.69) is 50.1 Å². The van der Waals surface area contributed by atoms with Crippen LogP contribution in [0.25, 0.3) is 11.6 Å². The number of fused-ring (bicyclic) bond motifs is 1. The molecule has 2 aromatic carbocycles. The molecule has 0 atom stereocenters. The van der Waals surface area contributed by atoms with Gasteiger partial charge < -0.3 is 4.90 Å². The maximum Gasteiger partial charge on any atom is 0.270 e. The summed E-state index contributed by atoms with van der Waals surface area (Å²) in [6.07, 6.45) is 4.83. The second kappa shape index (κ2) is 8.80. The van der Waals surface area contributed by atoms with Crippen LogP contribution in [0.4, 0.5) is 15.8 Å². The molecule has 1 N–H and O–H groups in total. The van der Waals surface area contributed by atoms with Crippen LogP contribution in [0.2, 0.25) is 0 Å². The first-order valence-corrected chi connectivity index (χ1v) is 11.7. The molecule has 2 aliphatic rings. The molecule has 2 amide bonds. The number of rotatable bonds is 4. The van der Waals surface area contributed by atoms with Crippen LogP contribution in [0.15, 0.2) is 48.0 Å². The van der Waals surface area contributed by atoms with Crippen molar-refractivity contribution in [1.29, 1.82) is 0 Å². The Hall–Kier alpha value is -3.32. The minimum Gasteiger partial charge on any atom is -0.362 e. The van der Waals surface area contributed by atoms with Gasteiger partial charge in [0.2, 0.25) is 0 Å². The molecular formula is C27H28FN3O2S. The van der Waals surface area contributed by atoms with Crippen molar-refractivity contribution < 1.29 is 14.0 Å². The summed E-state index contributed by atoms with van der Waals surface area (Å²) < 4.78 is 14.4. The van der Waals surface area contributed by atoms with E-state index < -0.39 is 17.6 Å². The number of nitrogens with one attached hydrogen (secondary N) is 1. The van der Waals surface area contributed by atoms with E-state index in [-0.39, 0.29) is 21.9 Å². The summed E-state index contributed by atoms with van der Waals surface area (Å²) in [6.45, 7) is 11.5. The zero-order valence-corrected chi connectivity index (χ0v) is 20.8. The van der Waals surface area contributed by atoms with Crippen molar-refractivity contribution in [1.82, 2.24) is 5.32 Å². The molecule has 0 aliphatic carbocycles. The lowest BCUT2D eigenvalue weighted by Gasteiger charge is -2.43. The fraction of sp³-hybridized carbons (Fsp3) is 0.296. The normalized spacial score (nSPS) is 18.7. The van der Waals surface area contributed by atoms with Gasteiger partial charge in [0.25, 0.3) is 11.8 Å². The predicted molar refractivity (Wildman–Crippen MR) is 139 cm³/mol. The number of carbonyl (C=O) groups is 2. The van der Waals surface area contributed by atoms with Crippen LogP contribution in [-0.2, 0) is 9.59 Å². The van der Waals surface area contributed by atoms with E-state index in [1.807, 2.05) is 13.0 Å². The first-order chi connectivity index (χ1) is 16.0. The third-order valence-corrected chi connectivity index (χ3v) is 6.59. The molecule has 4 rings (SSSR count). The maximum atomic E-state index is 14.4. The highest BCUT2D eigenvalue weighted by Gasteiger charge is 2.36. The van der Waals surface area contributed by atoms with E-state index in [0.717, 1.165) is 45.8 Å². The largest absolute Gasteiger partial charge is 0.362 e. The average molecular weight is 478 g/mol. The molecule has 1 saturated heterocycles. The standard InChI is InChI=1S/C27H28FN3O2S/c1-6-11-30-23-12-16(2)18(13-19(23)17(3)15-27(30,4)5)14-20-24(32)29-26(34)31(25(20)33)22-10-8-7-9-21(22)28/h7-10,12-15H,6,11H2,1-5H3,(H,29,32,34)/b20-14-. The number of thiocarbonyl (C=S) groups is 1. The number of hydrogen-bond donors (Lipinski definition) is 1. The Morgan fingerprint density at radius 1 is 1.12 bits per heavy atom. The zero-order valence-electron chi connectivity index (χ0n) is 20.0. The summed E-state index contributed by atoms with van der Waals surface area (Å²) in [7, 11) is 0. The number of aryl methyl sites for hydroxylation is 1. The molecule has 176 valence electrons. The number of para-hydroxylation sites is 1. The molecule has 5 nitrogen and oxygen atoms in total. The van der Waals surface area contributed by atoms with Crippen molar-refractivity contribution in [3.63, 3.8) is 0 Å².